The fraction of sp³-hybridized carbons (Fsp3) is 0.568. The molecule has 2 saturated carbocycles. The van der Waals surface area contributed by atoms with Gasteiger partial charge in [0, 0.05) is 6.04 Å². The van der Waals surface area contributed by atoms with Gasteiger partial charge in [0.05, 0.1) is 23.9 Å². The smallest absolute Gasteiger partial charge is 0.273 e. The largest absolute Gasteiger partial charge is 0.348 e. The standard InChI is InChI=1S/C30H41N5O.C7H14/c1-6-9-11-24(14-12-21(4)10-7-2)22(5)33-20-29(35-32)30(36)34-27-17-26(18-27)28-16-23(8-3)13-15-25(28)19-31;1-3-6-5-7(6)4-2/h9,11-16,20,22,26-27H,6-8,10,17-18,32H2,1-5H3,(H,34,36);6-7H,3-5H2,1-2H3/b11-9+,21-12+,24-14+,33-20?,35-29+;. The van der Waals surface area contributed by atoms with E-state index in [2.05, 4.69) is 93.4 Å². The van der Waals surface area contributed by atoms with Gasteiger partial charge < -0.3 is 11.2 Å². The summed E-state index contributed by atoms with van der Waals surface area (Å²) in [7, 11) is 0. The molecule has 1 aromatic rings. The summed E-state index contributed by atoms with van der Waals surface area (Å²) in [5.74, 6) is 7.71. The Kier molecular flexibility index (Phi) is 15.7. The number of hydrogen-bond acceptors (Lipinski definition) is 5. The molecule has 2 aliphatic rings. The minimum absolute atomic E-state index is 0.0246. The molecule has 3 unspecified atom stereocenters. The summed E-state index contributed by atoms with van der Waals surface area (Å²) < 4.78 is 0. The zero-order valence-corrected chi connectivity index (χ0v) is 27.7. The summed E-state index contributed by atoms with van der Waals surface area (Å²) in [6, 6.07) is 8.20. The van der Waals surface area contributed by atoms with E-state index in [1.807, 2.05) is 19.1 Å². The minimum atomic E-state index is -0.326. The Balaban J connectivity index is 0.000000804. The van der Waals surface area contributed by atoms with Gasteiger partial charge in [0.15, 0.2) is 5.71 Å². The lowest BCUT2D eigenvalue weighted by molar-refractivity contribution is -0.115. The zero-order valence-electron chi connectivity index (χ0n) is 27.7. The number of nitrogens with two attached hydrogens (primary N) is 1. The Bertz CT molecular complexity index is 1220. The van der Waals surface area contributed by atoms with E-state index < -0.39 is 0 Å². The Morgan fingerprint density at radius 3 is 2.35 bits per heavy atom. The van der Waals surface area contributed by atoms with Gasteiger partial charge in [0.1, 0.15) is 0 Å². The molecule has 0 radical (unpaired) electrons. The van der Waals surface area contributed by atoms with E-state index in [9.17, 15) is 10.1 Å². The third-order valence-electron chi connectivity index (χ3n) is 8.70. The first kappa shape index (κ1) is 35.7. The number of amides is 1. The highest BCUT2D eigenvalue weighted by molar-refractivity contribution is 6.60. The van der Waals surface area contributed by atoms with Crippen molar-refractivity contribution in [3.05, 3.63) is 70.3 Å². The van der Waals surface area contributed by atoms with Crippen LogP contribution < -0.4 is 11.2 Å². The molecule has 0 spiro atoms. The molecule has 6 heteroatoms. The molecule has 0 aromatic heterocycles. The lowest BCUT2D eigenvalue weighted by Gasteiger charge is -2.36. The summed E-state index contributed by atoms with van der Waals surface area (Å²) in [4.78, 5) is 17.3. The van der Waals surface area contributed by atoms with Crippen molar-refractivity contribution < 1.29 is 4.79 Å². The van der Waals surface area contributed by atoms with Gasteiger partial charge in [0.25, 0.3) is 5.91 Å². The van der Waals surface area contributed by atoms with E-state index in [-0.39, 0.29) is 29.6 Å². The predicted octanol–water partition coefficient (Wildman–Crippen LogP) is 8.34. The molecule has 1 amide bonds. The molecule has 0 bridgehead atoms. The molecule has 0 aliphatic heterocycles. The van der Waals surface area contributed by atoms with Crippen LogP contribution in [0, 0.1) is 23.2 Å². The molecule has 0 heterocycles. The lowest BCUT2D eigenvalue weighted by atomic mass is 9.74. The first-order valence-corrected chi connectivity index (χ1v) is 16.4. The predicted molar refractivity (Wildman–Crippen MR) is 182 cm³/mol. The molecule has 6 nitrogen and oxygen atoms in total. The van der Waals surface area contributed by atoms with Crippen LogP contribution in [0.1, 0.15) is 122 Å². The topological polar surface area (TPSA) is 104 Å². The van der Waals surface area contributed by atoms with Gasteiger partial charge >= 0.3 is 0 Å². The number of carbonyl (C=O) groups is 1. The summed E-state index contributed by atoms with van der Waals surface area (Å²) in [5, 5.41) is 16.2. The van der Waals surface area contributed by atoms with Crippen LogP contribution >= 0.6 is 0 Å². The molecular formula is C37H55N5O. The van der Waals surface area contributed by atoms with Crippen LogP contribution in [0.25, 0.3) is 0 Å². The average molecular weight is 586 g/mol. The molecule has 2 fully saturated rings. The first-order valence-electron chi connectivity index (χ1n) is 16.4. The Labute approximate surface area is 261 Å². The van der Waals surface area contributed by atoms with Crippen molar-refractivity contribution in [2.24, 2.45) is 27.8 Å². The van der Waals surface area contributed by atoms with Gasteiger partial charge in [-0.15, -0.1) is 0 Å². The number of nitriles is 1. The number of hydrazone groups is 1. The highest BCUT2D eigenvalue weighted by atomic mass is 16.2. The molecular weight excluding hydrogens is 530 g/mol. The van der Waals surface area contributed by atoms with Crippen molar-refractivity contribution in [2.75, 3.05) is 0 Å². The number of rotatable bonds is 14. The molecule has 234 valence electrons. The first-order chi connectivity index (χ1) is 20.7. The molecule has 43 heavy (non-hydrogen) atoms. The molecule has 1 aromatic carbocycles. The lowest BCUT2D eigenvalue weighted by Crippen LogP contribution is -2.46. The van der Waals surface area contributed by atoms with E-state index in [0.29, 0.717) is 5.56 Å². The number of hydrogen-bond donors (Lipinski definition) is 2. The summed E-state index contributed by atoms with van der Waals surface area (Å²) >= 11 is 0. The number of aryl methyl sites for hydroxylation is 1. The van der Waals surface area contributed by atoms with E-state index in [1.165, 1.54) is 36.6 Å². The van der Waals surface area contributed by atoms with Crippen LogP contribution in [-0.4, -0.2) is 29.9 Å². The van der Waals surface area contributed by atoms with Crippen molar-refractivity contribution in [3.63, 3.8) is 0 Å². The molecule has 3 rings (SSSR count). The number of nitrogens with one attached hydrogen (secondary N) is 1. The molecule has 3 N–H and O–H groups in total. The van der Waals surface area contributed by atoms with Crippen LogP contribution in [0.4, 0.5) is 0 Å². The third-order valence-corrected chi connectivity index (χ3v) is 8.70. The maximum atomic E-state index is 12.8. The normalized spacial score (nSPS) is 22.9. The van der Waals surface area contributed by atoms with Crippen molar-refractivity contribution in [1.82, 2.24) is 5.32 Å². The summed E-state index contributed by atoms with van der Waals surface area (Å²) in [5.41, 5.74) is 5.50. The van der Waals surface area contributed by atoms with Crippen LogP contribution in [0.15, 0.2) is 63.7 Å². The van der Waals surface area contributed by atoms with Crippen LogP contribution in [0.3, 0.4) is 0 Å². The van der Waals surface area contributed by atoms with Crippen molar-refractivity contribution in [3.8, 4) is 6.07 Å². The van der Waals surface area contributed by atoms with Gasteiger partial charge in [-0.3, -0.25) is 9.79 Å². The number of aliphatic imine (C=N–C) groups is 1. The van der Waals surface area contributed by atoms with E-state index in [0.717, 1.165) is 61.5 Å². The second-order valence-electron chi connectivity index (χ2n) is 12.0. The van der Waals surface area contributed by atoms with Crippen LogP contribution in [0.2, 0.25) is 0 Å². The number of allylic oxidation sites excluding steroid dienone is 4. The molecule has 2 aliphatic carbocycles. The highest BCUT2D eigenvalue weighted by Crippen LogP contribution is 2.43. The molecule has 0 saturated heterocycles. The van der Waals surface area contributed by atoms with Crippen LogP contribution in [-0.2, 0) is 11.2 Å². The van der Waals surface area contributed by atoms with Crippen molar-refractivity contribution >= 4 is 17.8 Å². The summed E-state index contributed by atoms with van der Waals surface area (Å²) in [6.07, 6.45) is 19.8. The quantitative estimate of drug-likeness (QED) is 0.0992. The average Bonchev–Trinajstić information content (AvgIpc) is 3.78. The maximum Gasteiger partial charge on any atom is 0.273 e. The van der Waals surface area contributed by atoms with Gasteiger partial charge in [-0.05, 0) is 92.9 Å². The number of carbonyl (C=O) groups excluding carboxylic acids is 1. The van der Waals surface area contributed by atoms with Crippen LogP contribution in [0.5, 0.6) is 0 Å². The highest BCUT2D eigenvalue weighted by Gasteiger charge is 2.34. The van der Waals surface area contributed by atoms with Crippen molar-refractivity contribution in [1.29, 1.82) is 5.26 Å². The third kappa shape index (κ3) is 11.6. The number of nitrogens with zero attached hydrogens (tertiary/aromatic N) is 3. The second kappa shape index (κ2) is 18.9. The number of benzene rings is 1. The monoisotopic (exact) mass is 585 g/mol. The van der Waals surface area contributed by atoms with Gasteiger partial charge in [-0.2, -0.15) is 10.4 Å². The van der Waals surface area contributed by atoms with Gasteiger partial charge in [-0.25, -0.2) is 0 Å². The minimum Gasteiger partial charge on any atom is -0.348 e. The Morgan fingerprint density at radius 1 is 1.12 bits per heavy atom. The zero-order chi connectivity index (χ0) is 31.8. The van der Waals surface area contributed by atoms with E-state index in [1.54, 1.807) is 0 Å². The summed E-state index contributed by atoms with van der Waals surface area (Å²) in [6.45, 7) is 15.1. The van der Waals surface area contributed by atoms with Gasteiger partial charge in [-0.1, -0.05) is 95.9 Å². The Hall–Kier alpha value is -3.46. The fourth-order valence-electron chi connectivity index (χ4n) is 5.55. The maximum absolute atomic E-state index is 12.8. The van der Waals surface area contributed by atoms with E-state index in [4.69, 9.17) is 5.84 Å². The van der Waals surface area contributed by atoms with Crippen molar-refractivity contribution in [2.45, 2.75) is 124 Å². The molecule has 3 atom stereocenters. The Morgan fingerprint density at radius 2 is 1.81 bits per heavy atom. The fourth-order valence-corrected chi connectivity index (χ4v) is 5.55. The second-order valence-corrected chi connectivity index (χ2v) is 12.0. The van der Waals surface area contributed by atoms with Gasteiger partial charge in [0.2, 0.25) is 0 Å². The van der Waals surface area contributed by atoms with E-state index >= 15 is 0 Å². The SMILES string of the molecule is CC/C=C/C(=C\C=C(/C)CCC)C(C)N=C/C(=N\N)C(=O)NC1CC(c2cc(CC)ccc2C#N)C1.CCC1CC1CC.